The number of carbonyl (C=O) groups is 2. The summed E-state index contributed by atoms with van der Waals surface area (Å²) in [5.74, 6) is -0.258. The van der Waals surface area contributed by atoms with E-state index in [9.17, 15) is 9.59 Å². The van der Waals surface area contributed by atoms with Crippen LogP contribution < -0.4 is 5.32 Å². The van der Waals surface area contributed by atoms with Crippen LogP contribution in [0.4, 0.5) is 0 Å². The van der Waals surface area contributed by atoms with Crippen LogP contribution in [0.15, 0.2) is 6.20 Å². The van der Waals surface area contributed by atoms with Gasteiger partial charge in [0.05, 0.1) is 18.3 Å². The van der Waals surface area contributed by atoms with Gasteiger partial charge in [0.15, 0.2) is 0 Å². The fourth-order valence-electron chi connectivity index (χ4n) is 1.55. The van der Waals surface area contributed by atoms with Crippen LogP contribution in [0.1, 0.15) is 16.1 Å². The van der Waals surface area contributed by atoms with Gasteiger partial charge in [0, 0.05) is 18.8 Å². The summed E-state index contributed by atoms with van der Waals surface area (Å²) in [6.07, 6.45) is 1.49. The summed E-state index contributed by atoms with van der Waals surface area (Å²) in [4.78, 5) is 24.5. The Hall–Kier alpha value is -1.85. The van der Waals surface area contributed by atoms with Gasteiger partial charge in [-0.1, -0.05) is 0 Å². The third kappa shape index (κ3) is 1.83. The standard InChI is InChI=1S/C9H12N4O2/c1-6-7(4-11-12-6)9(15)13-3-2-10-8(14)5-13/h4H,2-3,5H2,1H3,(H,10,14)(H,11,12). The first kappa shape index (κ1) is 9.70. The van der Waals surface area contributed by atoms with E-state index >= 15 is 0 Å². The second-order valence-corrected chi connectivity index (χ2v) is 3.49. The minimum atomic E-state index is -0.142. The largest absolute Gasteiger partial charge is 0.353 e. The Morgan fingerprint density at radius 1 is 1.60 bits per heavy atom. The van der Waals surface area contributed by atoms with Crippen LogP contribution in [0, 0.1) is 6.92 Å². The molecule has 0 radical (unpaired) electrons. The quantitative estimate of drug-likeness (QED) is 0.640. The van der Waals surface area contributed by atoms with Gasteiger partial charge in [0.1, 0.15) is 0 Å². The maximum Gasteiger partial charge on any atom is 0.257 e. The minimum Gasteiger partial charge on any atom is -0.353 e. The predicted molar refractivity (Wildman–Crippen MR) is 52.2 cm³/mol. The lowest BCUT2D eigenvalue weighted by molar-refractivity contribution is -0.123. The van der Waals surface area contributed by atoms with Crippen LogP contribution in [0.5, 0.6) is 0 Å². The molecule has 0 saturated carbocycles. The van der Waals surface area contributed by atoms with Crippen LogP contribution in [0.2, 0.25) is 0 Å². The Kier molecular flexibility index (Phi) is 2.40. The number of carbonyl (C=O) groups excluding carboxylic acids is 2. The average Bonchev–Trinajstić information content (AvgIpc) is 2.63. The van der Waals surface area contributed by atoms with Crippen LogP contribution >= 0.6 is 0 Å². The van der Waals surface area contributed by atoms with Gasteiger partial charge in [-0.15, -0.1) is 0 Å². The van der Waals surface area contributed by atoms with E-state index in [1.165, 1.54) is 11.1 Å². The van der Waals surface area contributed by atoms with Gasteiger partial charge in [-0.25, -0.2) is 0 Å². The molecule has 2 amide bonds. The first-order valence-electron chi connectivity index (χ1n) is 4.74. The highest BCUT2D eigenvalue weighted by Gasteiger charge is 2.23. The number of H-pyrrole nitrogens is 1. The molecule has 0 aliphatic carbocycles. The summed E-state index contributed by atoms with van der Waals surface area (Å²) in [7, 11) is 0. The molecule has 6 heteroatoms. The number of hydrogen-bond donors (Lipinski definition) is 2. The van der Waals surface area contributed by atoms with E-state index in [4.69, 9.17) is 0 Å². The molecule has 1 fully saturated rings. The van der Waals surface area contributed by atoms with Crippen molar-refractivity contribution in [3.8, 4) is 0 Å². The van der Waals surface area contributed by atoms with Crippen molar-refractivity contribution in [3.63, 3.8) is 0 Å². The van der Waals surface area contributed by atoms with E-state index < -0.39 is 0 Å². The number of amides is 2. The molecule has 2 heterocycles. The normalized spacial score (nSPS) is 16.3. The molecule has 80 valence electrons. The van der Waals surface area contributed by atoms with Gasteiger partial charge in [0.25, 0.3) is 5.91 Å². The average molecular weight is 208 g/mol. The molecule has 0 atom stereocenters. The lowest BCUT2D eigenvalue weighted by Crippen LogP contribution is -2.50. The van der Waals surface area contributed by atoms with Crippen LogP contribution in [0.25, 0.3) is 0 Å². The van der Waals surface area contributed by atoms with Crippen molar-refractivity contribution in [1.29, 1.82) is 0 Å². The van der Waals surface area contributed by atoms with Crippen molar-refractivity contribution in [1.82, 2.24) is 20.4 Å². The van der Waals surface area contributed by atoms with Gasteiger partial charge in [-0.2, -0.15) is 5.10 Å². The van der Waals surface area contributed by atoms with Crippen molar-refractivity contribution in [2.24, 2.45) is 0 Å². The van der Waals surface area contributed by atoms with E-state index in [-0.39, 0.29) is 18.4 Å². The van der Waals surface area contributed by atoms with E-state index in [1.54, 1.807) is 6.92 Å². The fraction of sp³-hybridized carbons (Fsp3) is 0.444. The number of hydrogen-bond acceptors (Lipinski definition) is 3. The number of nitrogens with zero attached hydrogens (tertiary/aromatic N) is 2. The van der Waals surface area contributed by atoms with Gasteiger partial charge in [0.2, 0.25) is 5.91 Å². The molecule has 0 bridgehead atoms. The lowest BCUT2D eigenvalue weighted by Gasteiger charge is -2.26. The number of aromatic nitrogens is 2. The van der Waals surface area contributed by atoms with Crippen molar-refractivity contribution < 1.29 is 9.59 Å². The molecule has 1 aromatic rings. The zero-order valence-electron chi connectivity index (χ0n) is 8.41. The molecule has 1 saturated heterocycles. The SMILES string of the molecule is Cc1[nH]ncc1C(=O)N1CCNC(=O)C1. The van der Waals surface area contributed by atoms with Crippen LogP contribution in [-0.4, -0.2) is 46.5 Å². The van der Waals surface area contributed by atoms with Crippen molar-refractivity contribution in [2.45, 2.75) is 6.92 Å². The smallest absolute Gasteiger partial charge is 0.257 e. The maximum absolute atomic E-state index is 11.9. The maximum atomic E-state index is 11.9. The first-order valence-corrected chi connectivity index (χ1v) is 4.74. The molecule has 0 spiro atoms. The van der Waals surface area contributed by atoms with Gasteiger partial charge in [-0.3, -0.25) is 14.7 Å². The number of piperazine rings is 1. The van der Waals surface area contributed by atoms with Gasteiger partial charge >= 0.3 is 0 Å². The van der Waals surface area contributed by atoms with E-state index in [0.717, 1.165) is 5.69 Å². The molecular weight excluding hydrogens is 196 g/mol. The molecule has 2 rings (SSSR count). The topological polar surface area (TPSA) is 78.1 Å². The molecule has 6 nitrogen and oxygen atoms in total. The van der Waals surface area contributed by atoms with E-state index in [2.05, 4.69) is 15.5 Å². The van der Waals surface area contributed by atoms with Crippen LogP contribution in [-0.2, 0) is 4.79 Å². The molecule has 0 unspecified atom stereocenters. The zero-order valence-corrected chi connectivity index (χ0v) is 8.41. The number of aromatic amines is 1. The number of nitrogens with one attached hydrogen (secondary N) is 2. The minimum absolute atomic E-state index is 0.115. The number of rotatable bonds is 1. The van der Waals surface area contributed by atoms with Crippen molar-refractivity contribution in [2.75, 3.05) is 19.6 Å². The Morgan fingerprint density at radius 2 is 2.40 bits per heavy atom. The molecular formula is C9H12N4O2. The lowest BCUT2D eigenvalue weighted by atomic mass is 10.2. The molecule has 1 aliphatic heterocycles. The summed E-state index contributed by atoms with van der Waals surface area (Å²) in [5.41, 5.74) is 1.26. The molecule has 2 N–H and O–H groups in total. The summed E-state index contributed by atoms with van der Waals surface area (Å²) in [6, 6.07) is 0. The fourth-order valence-corrected chi connectivity index (χ4v) is 1.55. The second-order valence-electron chi connectivity index (χ2n) is 3.49. The first-order chi connectivity index (χ1) is 7.18. The van der Waals surface area contributed by atoms with E-state index in [1.807, 2.05) is 0 Å². The summed E-state index contributed by atoms with van der Waals surface area (Å²) < 4.78 is 0. The van der Waals surface area contributed by atoms with E-state index in [0.29, 0.717) is 18.7 Å². The van der Waals surface area contributed by atoms with Crippen molar-refractivity contribution in [3.05, 3.63) is 17.5 Å². The Bertz CT molecular complexity index is 399. The highest BCUT2D eigenvalue weighted by Crippen LogP contribution is 2.08. The van der Waals surface area contributed by atoms with Crippen molar-refractivity contribution >= 4 is 11.8 Å². The Morgan fingerprint density at radius 3 is 3.00 bits per heavy atom. The third-order valence-electron chi connectivity index (χ3n) is 2.39. The molecule has 1 aromatic heterocycles. The summed E-state index contributed by atoms with van der Waals surface area (Å²) in [5, 5.41) is 9.16. The molecule has 0 aromatic carbocycles. The Balaban J connectivity index is 2.14. The van der Waals surface area contributed by atoms with Crippen LogP contribution in [0.3, 0.4) is 0 Å². The number of aryl methyl sites for hydroxylation is 1. The highest BCUT2D eigenvalue weighted by molar-refractivity contribution is 5.97. The summed E-state index contributed by atoms with van der Waals surface area (Å²) >= 11 is 0. The zero-order chi connectivity index (χ0) is 10.8. The van der Waals surface area contributed by atoms with Gasteiger partial charge < -0.3 is 10.2 Å². The summed E-state index contributed by atoms with van der Waals surface area (Å²) in [6.45, 7) is 2.98. The Labute approximate surface area is 86.6 Å². The molecule has 1 aliphatic rings. The molecule has 15 heavy (non-hydrogen) atoms. The highest BCUT2D eigenvalue weighted by atomic mass is 16.2. The third-order valence-corrected chi connectivity index (χ3v) is 2.39. The predicted octanol–water partition coefficient (Wildman–Crippen LogP) is -0.710. The monoisotopic (exact) mass is 208 g/mol. The second kappa shape index (κ2) is 3.72. The van der Waals surface area contributed by atoms with Gasteiger partial charge in [-0.05, 0) is 6.92 Å².